The number of rotatable bonds is 6. The number of nitrogens with one attached hydrogen (secondary N) is 2. The van der Waals surface area contributed by atoms with Gasteiger partial charge in [0.25, 0.3) is 11.8 Å². The maximum absolute atomic E-state index is 13.4. The summed E-state index contributed by atoms with van der Waals surface area (Å²) in [6.45, 7) is 2.55. The molecule has 4 rings (SSSR count). The first-order chi connectivity index (χ1) is 16.0. The molecule has 2 N–H and O–H groups in total. The molecule has 3 atom stereocenters. The Hall–Kier alpha value is -2.86. The zero-order valence-electron chi connectivity index (χ0n) is 18.9. The van der Waals surface area contributed by atoms with Crippen LogP contribution in [0.25, 0.3) is 0 Å². The average Bonchev–Trinajstić information content (AvgIpc) is 3.22. The molecule has 1 aliphatic heterocycles. The number of carbonyl (C=O) groups is 3. The molecule has 2 aliphatic rings. The molecule has 3 unspecified atom stereocenters. The van der Waals surface area contributed by atoms with Crippen molar-refractivity contribution in [2.24, 2.45) is 5.92 Å². The molecule has 2 aromatic carbocycles. The highest BCUT2D eigenvalue weighted by molar-refractivity contribution is 6.34. The van der Waals surface area contributed by atoms with Gasteiger partial charge >= 0.3 is 0 Å². The Morgan fingerprint density at radius 3 is 2.55 bits per heavy atom. The number of halogens is 1. The van der Waals surface area contributed by atoms with Crippen LogP contribution >= 0.6 is 11.6 Å². The second-order valence-electron chi connectivity index (χ2n) is 8.88. The molecule has 7 heteroatoms. The molecule has 0 radical (unpaired) electrons. The molecule has 2 aromatic rings. The summed E-state index contributed by atoms with van der Waals surface area (Å²) < 4.78 is 0. The van der Waals surface area contributed by atoms with Gasteiger partial charge in [0.2, 0.25) is 5.91 Å². The molecule has 1 saturated heterocycles. The molecule has 0 bridgehead atoms. The van der Waals surface area contributed by atoms with Crippen molar-refractivity contribution >= 4 is 35.0 Å². The largest absolute Gasteiger partial charge is 0.352 e. The van der Waals surface area contributed by atoms with Crippen molar-refractivity contribution in [1.29, 1.82) is 0 Å². The van der Waals surface area contributed by atoms with Crippen molar-refractivity contribution in [2.75, 3.05) is 11.9 Å². The Kier molecular flexibility index (Phi) is 7.33. The number of amides is 3. The SMILES string of the molecule is CCCNC(=O)c1ccc(NC(=O)C2CC3CCCCC3N2C(=O)c2ccccc2)cc1Cl. The lowest BCUT2D eigenvalue weighted by atomic mass is 9.84. The summed E-state index contributed by atoms with van der Waals surface area (Å²) in [4.78, 5) is 40.8. The lowest BCUT2D eigenvalue weighted by Crippen LogP contribution is -2.47. The Morgan fingerprint density at radius 2 is 1.82 bits per heavy atom. The van der Waals surface area contributed by atoms with Crippen LogP contribution in [0, 0.1) is 5.92 Å². The van der Waals surface area contributed by atoms with Gasteiger partial charge < -0.3 is 15.5 Å². The highest BCUT2D eigenvalue weighted by Gasteiger charge is 2.47. The number of carbonyl (C=O) groups excluding carboxylic acids is 3. The predicted octanol–water partition coefficient (Wildman–Crippen LogP) is 4.89. The van der Waals surface area contributed by atoms with Crippen molar-refractivity contribution in [2.45, 2.75) is 57.5 Å². The van der Waals surface area contributed by atoms with Crippen LogP contribution in [0.2, 0.25) is 5.02 Å². The molecule has 1 heterocycles. The summed E-state index contributed by atoms with van der Waals surface area (Å²) in [7, 11) is 0. The number of hydrogen-bond donors (Lipinski definition) is 2. The first-order valence-corrected chi connectivity index (χ1v) is 12.1. The van der Waals surface area contributed by atoms with Crippen LogP contribution in [-0.4, -0.2) is 41.2 Å². The minimum Gasteiger partial charge on any atom is -0.352 e. The van der Waals surface area contributed by atoms with Crippen LogP contribution in [0.5, 0.6) is 0 Å². The Morgan fingerprint density at radius 1 is 1.06 bits per heavy atom. The molecule has 0 aromatic heterocycles. The van der Waals surface area contributed by atoms with Crippen LogP contribution in [0.3, 0.4) is 0 Å². The smallest absolute Gasteiger partial charge is 0.254 e. The molecule has 174 valence electrons. The van der Waals surface area contributed by atoms with Gasteiger partial charge in [0.05, 0.1) is 10.6 Å². The third-order valence-corrected chi connectivity index (χ3v) is 6.98. The summed E-state index contributed by atoms with van der Waals surface area (Å²) in [6.07, 6.45) is 5.69. The molecule has 1 aliphatic carbocycles. The van der Waals surface area contributed by atoms with E-state index in [1.807, 2.05) is 30.0 Å². The van der Waals surface area contributed by atoms with Crippen molar-refractivity contribution < 1.29 is 14.4 Å². The number of likely N-dealkylation sites (tertiary alicyclic amines) is 1. The lowest BCUT2D eigenvalue weighted by Gasteiger charge is -2.33. The van der Waals surface area contributed by atoms with E-state index in [0.717, 1.165) is 32.1 Å². The second kappa shape index (κ2) is 10.4. The van der Waals surface area contributed by atoms with Gasteiger partial charge in [-0.1, -0.05) is 49.6 Å². The minimum absolute atomic E-state index is 0.0916. The first kappa shape index (κ1) is 23.3. The number of nitrogens with zero attached hydrogens (tertiary/aromatic N) is 1. The van der Waals surface area contributed by atoms with Crippen LogP contribution in [0.15, 0.2) is 48.5 Å². The van der Waals surface area contributed by atoms with Gasteiger partial charge in [-0.25, -0.2) is 0 Å². The van der Waals surface area contributed by atoms with Gasteiger partial charge in [0, 0.05) is 23.8 Å². The Labute approximate surface area is 199 Å². The summed E-state index contributed by atoms with van der Waals surface area (Å²) in [5, 5.41) is 6.01. The van der Waals surface area contributed by atoms with E-state index in [1.165, 1.54) is 0 Å². The van der Waals surface area contributed by atoms with E-state index < -0.39 is 6.04 Å². The third-order valence-electron chi connectivity index (χ3n) is 6.66. The monoisotopic (exact) mass is 467 g/mol. The van der Waals surface area contributed by atoms with Crippen molar-refractivity contribution in [3.05, 3.63) is 64.7 Å². The number of benzene rings is 2. The van der Waals surface area contributed by atoms with Crippen molar-refractivity contribution in [1.82, 2.24) is 10.2 Å². The molecule has 3 amide bonds. The minimum atomic E-state index is -0.530. The van der Waals surface area contributed by atoms with E-state index in [4.69, 9.17) is 11.6 Å². The zero-order chi connectivity index (χ0) is 23.4. The normalized spacial score (nSPS) is 21.9. The zero-order valence-corrected chi connectivity index (χ0v) is 19.6. The number of hydrogen-bond acceptors (Lipinski definition) is 3. The van der Waals surface area contributed by atoms with E-state index in [2.05, 4.69) is 10.6 Å². The Balaban J connectivity index is 1.53. The summed E-state index contributed by atoms with van der Waals surface area (Å²) in [5.74, 6) is -0.200. The first-order valence-electron chi connectivity index (χ1n) is 11.8. The molecular weight excluding hydrogens is 438 g/mol. The van der Waals surface area contributed by atoms with E-state index in [9.17, 15) is 14.4 Å². The fraction of sp³-hybridized carbons (Fsp3) is 0.423. The lowest BCUT2D eigenvalue weighted by molar-refractivity contribution is -0.120. The van der Waals surface area contributed by atoms with Gasteiger partial charge in [-0.05, 0) is 61.9 Å². The molecule has 1 saturated carbocycles. The fourth-order valence-corrected chi connectivity index (χ4v) is 5.32. The van der Waals surface area contributed by atoms with Crippen molar-refractivity contribution in [3.63, 3.8) is 0 Å². The second-order valence-corrected chi connectivity index (χ2v) is 9.29. The highest BCUT2D eigenvalue weighted by Crippen LogP contribution is 2.41. The standard InChI is InChI=1S/C26H30ClN3O3/c1-2-14-28-24(31)20-13-12-19(16-21(20)27)29-25(32)23-15-18-10-6-7-11-22(18)30(23)26(33)17-8-4-3-5-9-17/h3-5,8-9,12-13,16,18,22-23H,2,6-7,10-11,14-15H2,1H3,(H,28,31)(H,29,32). The van der Waals surface area contributed by atoms with Crippen LogP contribution < -0.4 is 10.6 Å². The van der Waals surface area contributed by atoms with Gasteiger partial charge in [-0.2, -0.15) is 0 Å². The van der Waals surface area contributed by atoms with E-state index >= 15 is 0 Å². The van der Waals surface area contributed by atoms with Crippen LogP contribution in [-0.2, 0) is 4.79 Å². The van der Waals surface area contributed by atoms with Gasteiger partial charge in [-0.3, -0.25) is 14.4 Å². The van der Waals surface area contributed by atoms with Gasteiger partial charge in [0.15, 0.2) is 0 Å². The molecule has 33 heavy (non-hydrogen) atoms. The van der Waals surface area contributed by atoms with E-state index in [-0.39, 0.29) is 28.8 Å². The predicted molar refractivity (Wildman–Crippen MR) is 129 cm³/mol. The molecule has 0 spiro atoms. The summed E-state index contributed by atoms with van der Waals surface area (Å²) in [6, 6.07) is 13.6. The maximum atomic E-state index is 13.4. The Bertz CT molecular complexity index is 1030. The van der Waals surface area contributed by atoms with E-state index in [0.29, 0.717) is 35.7 Å². The average molecular weight is 468 g/mol. The maximum Gasteiger partial charge on any atom is 0.254 e. The van der Waals surface area contributed by atoms with Crippen molar-refractivity contribution in [3.8, 4) is 0 Å². The third kappa shape index (κ3) is 5.06. The summed E-state index contributed by atoms with van der Waals surface area (Å²) in [5.41, 5.74) is 1.49. The number of fused-ring (bicyclic) bond motifs is 1. The molecule has 2 fully saturated rings. The van der Waals surface area contributed by atoms with E-state index in [1.54, 1.807) is 30.3 Å². The topological polar surface area (TPSA) is 78.5 Å². The van der Waals surface area contributed by atoms with Crippen LogP contribution in [0.1, 0.15) is 66.2 Å². The molecule has 6 nitrogen and oxygen atoms in total. The fourth-order valence-electron chi connectivity index (χ4n) is 5.05. The van der Waals surface area contributed by atoms with Gasteiger partial charge in [-0.15, -0.1) is 0 Å². The molecular formula is C26H30ClN3O3. The number of anilines is 1. The quantitative estimate of drug-likeness (QED) is 0.634. The van der Waals surface area contributed by atoms with Gasteiger partial charge in [0.1, 0.15) is 6.04 Å². The highest BCUT2D eigenvalue weighted by atomic mass is 35.5. The summed E-state index contributed by atoms with van der Waals surface area (Å²) >= 11 is 6.33. The van der Waals surface area contributed by atoms with Crippen LogP contribution in [0.4, 0.5) is 5.69 Å².